The molecule has 0 amide bonds. The van der Waals surface area contributed by atoms with Crippen molar-refractivity contribution >= 4 is 0 Å². The zero-order valence-corrected chi connectivity index (χ0v) is 18.5. The lowest BCUT2D eigenvalue weighted by molar-refractivity contribution is -0.0644. The SMILES string of the molecule is CC12CC3CC(C1)CC(c1ccc(O)c(C45CC6CC(CC(C)(C6)C4)C5)c1)(C3)C2. The Morgan fingerprint density at radius 1 is 0.690 bits per heavy atom. The summed E-state index contributed by atoms with van der Waals surface area (Å²) in [4.78, 5) is 0. The van der Waals surface area contributed by atoms with E-state index >= 15 is 0 Å². The molecule has 0 aromatic heterocycles. The van der Waals surface area contributed by atoms with Gasteiger partial charge >= 0.3 is 0 Å². The van der Waals surface area contributed by atoms with E-state index < -0.39 is 0 Å². The van der Waals surface area contributed by atoms with E-state index in [1.807, 2.05) is 0 Å². The highest BCUT2D eigenvalue weighted by molar-refractivity contribution is 5.46. The lowest BCUT2D eigenvalue weighted by atomic mass is 9.42. The highest BCUT2D eigenvalue weighted by atomic mass is 16.3. The lowest BCUT2D eigenvalue weighted by Gasteiger charge is -2.62. The van der Waals surface area contributed by atoms with Gasteiger partial charge in [0.05, 0.1) is 0 Å². The minimum Gasteiger partial charge on any atom is -0.508 e. The number of phenolic OH excluding ortho intramolecular Hbond substituents is 1. The number of phenols is 1. The van der Waals surface area contributed by atoms with Crippen molar-refractivity contribution in [3.05, 3.63) is 29.3 Å². The first-order valence-electron chi connectivity index (χ1n) is 12.6. The molecule has 1 aromatic rings. The lowest BCUT2D eigenvalue weighted by Crippen LogP contribution is -2.54. The summed E-state index contributed by atoms with van der Waals surface area (Å²) in [5.74, 6) is 4.33. The molecule has 8 aliphatic carbocycles. The molecule has 29 heavy (non-hydrogen) atoms. The van der Waals surface area contributed by atoms with Gasteiger partial charge in [-0.3, -0.25) is 0 Å². The normalized spacial score (nSPS) is 54.3. The van der Waals surface area contributed by atoms with Crippen LogP contribution in [0.25, 0.3) is 0 Å². The summed E-state index contributed by atoms with van der Waals surface area (Å²) < 4.78 is 0. The highest BCUT2D eigenvalue weighted by Crippen LogP contribution is 2.68. The second-order valence-corrected chi connectivity index (χ2v) is 13.8. The maximum Gasteiger partial charge on any atom is 0.119 e. The van der Waals surface area contributed by atoms with Crippen LogP contribution in [0.5, 0.6) is 5.75 Å². The van der Waals surface area contributed by atoms with Gasteiger partial charge in [0.25, 0.3) is 0 Å². The molecule has 0 spiro atoms. The van der Waals surface area contributed by atoms with Gasteiger partial charge in [0.15, 0.2) is 0 Å². The molecule has 0 heterocycles. The first-order chi connectivity index (χ1) is 13.8. The van der Waals surface area contributed by atoms with E-state index in [2.05, 4.69) is 32.0 Å². The van der Waals surface area contributed by atoms with Crippen LogP contribution >= 0.6 is 0 Å². The van der Waals surface area contributed by atoms with Crippen LogP contribution in [0.15, 0.2) is 18.2 Å². The van der Waals surface area contributed by atoms with E-state index in [1.54, 1.807) is 5.56 Å². The monoisotopic (exact) mass is 390 g/mol. The average Bonchev–Trinajstić information content (AvgIpc) is 2.57. The number of hydrogen-bond donors (Lipinski definition) is 1. The molecule has 0 saturated heterocycles. The van der Waals surface area contributed by atoms with Gasteiger partial charge in [0.1, 0.15) is 5.75 Å². The fourth-order valence-corrected chi connectivity index (χ4v) is 11.4. The van der Waals surface area contributed by atoms with Crippen LogP contribution in [0.4, 0.5) is 0 Å². The quantitative estimate of drug-likeness (QED) is 0.570. The van der Waals surface area contributed by atoms with E-state index in [0.29, 0.717) is 22.0 Å². The van der Waals surface area contributed by atoms with Crippen molar-refractivity contribution in [2.75, 3.05) is 0 Å². The van der Waals surface area contributed by atoms with E-state index in [4.69, 9.17) is 0 Å². The molecule has 8 aliphatic rings. The Labute approximate surface area is 176 Å². The molecule has 4 atom stereocenters. The third-order valence-corrected chi connectivity index (χ3v) is 10.9. The van der Waals surface area contributed by atoms with Gasteiger partial charge in [-0.1, -0.05) is 26.0 Å². The third-order valence-electron chi connectivity index (χ3n) is 10.9. The van der Waals surface area contributed by atoms with Crippen molar-refractivity contribution in [1.82, 2.24) is 0 Å². The van der Waals surface area contributed by atoms with E-state index in [1.165, 1.54) is 82.6 Å². The summed E-state index contributed by atoms with van der Waals surface area (Å²) >= 11 is 0. The zero-order chi connectivity index (χ0) is 19.6. The molecule has 0 aliphatic heterocycles. The molecule has 8 fully saturated rings. The van der Waals surface area contributed by atoms with Crippen molar-refractivity contribution in [2.45, 2.75) is 102 Å². The average molecular weight is 391 g/mol. The van der Waals surface area contributed by atoms with Crippen LogP contribution in [-0.4, -0.2) is 5.11 Å². The molecule has 1 heteroatoms. The second kappa shape index (κ2) is 5.25. The van der Waals surface area contributed by atoms with Gasteiger partial charge in [-0.25, -0.2) is 0 Å². The number of hydrogen-bond acceptors (Lipinski definition) is 1. The predicted molar refractivity (Wildman–Crippen MR) is 117 cm³/mol. The molecule has 0 radical (unpaired) electrons. The van der Waals surface area contributed by atoms with Crippen molar-refractivity contribution in [3.8, 4) is 5.75 Å². The van der Waals surface area contributed by atoms with Gasteiger partial charge in [-0.15, -0.1) is 0 Å². The molecule has 9 rings (SSSR count). The smallest absolute Gasteiger partial charge is 0.119 e. The summed E-state index contributed by atoms with van der Waals surface area (Å²) in [6.45, 7) is 5.14. The number of benzene rings is 1. The van der Waals surface area contributed by atoms with Gasteiger partial charge in [-0.2, -0.15) is 0 Å². The Balaban J connectivity index is 1.32. The van der Waals surface area contributed by atoms with Crippen LogP contribution in [0.3, 0.4) is 0 Å². The molecule has 1 N–H and O–H groups in total. The summed E-state index contributed by atoms with van der Waals surface area (Å²) in [5, 5.41) is 11.1. The molecule has 156 valence electrons. The van der Waals surface area contributed by atoms with Gasteiger partial charge in [0.2, 0.25) is 0 Å². The van der Waals surface area contributed by atoms with E-state index in [0.717, 1.165) is 23.7 Å². The van der Waals surface area contributed by atoms with E-state index in [9.17, 15) is 5.11 Å². The minimum absolute atomic E-state index is 0.269. The van der Waals surface area contributed by atoms with E-state index in [-0.39, 0.29) is 5.41 Å². The Hall–Kier alpha value is -0.980. The molecule has 8 saturated carbocycles. The molecule has 1 nitrogen and oxygen atoms in total. The van der Waals surface area contributed by atoms with Crippen LogP contribution in [0.1, 0.15) is 102 Å². The number of rotatable bonds is 2. The highest BCUT2D eigenvalue weighted by Gasteiger charge is 2.59. The Morgan fingerprint density at radius 2 is 1.17 bits per heavy atom. The van der Waals surface area contributed by atoms with Gasteiger partial charge < -0.3 is 5.11 Å². The van der Waals surface area contributed by atoms with Gasteiger partial charge in [-0.05, 0) is 129 Å². The standard InChI is InChI=1S/C28H38O/c1-25-8-18-5-19(9-25)13-27(12-18,16-25)22-3-4-24(29)23(7-22)28-14-20-6-21(15-28)11-26(2,10-20)17-28/h3-4,7,18-21,29H,5-6,8-17H2,1-2H3. The first-order valence-corrected chi connectivity index (χ1v) is 12.6. The predicted octanol–water partition coefficient (Wildman–Crippen LogP) is 7.11. The first kappa shape index (κ1) is 17.7. The summed E-state index contributed by atoms with van der Waals surface area (Å²) in [6.07, 6.45) is 17.0. The Bertz CT molecular complexity index is 852. The molecular weight excluding hydrogens is 352 g/mol. The van der Waals surface area contributed by atoms with Crippen molar-refractivity contribution in [3.63, 3.8) is 0 Å². The molecule has 1 aromatic carbocycles. The van der Waals surface area contributed by atoms with Crippen LogP contribution < -0.4 is 0 Å². The summed E-state index contributed by atoms with van der Waals surface area (Å²) in [6, 6.07) is 6.99. The fraction of sp³-hybridized carbons (Fsp3) is 0.786. The number of aromatic hydroxyl groups is 1. The molecular formula is C28H38O. The van der Waals surface area contributed by atoms with Gasteiger partial charge in [0, 0.05) is 11.0 Å². The third kappa shape index (κ3) is 2.40. The van der Waals surface area contributed by atoms with Crippen molar-refractivity contribution in [1.29, 1.82) is 0 Å². The molecule has 8 bridgehead atoms. The Morgan fingerprint density at radius 3 is 1.69 bits per heavy atom. The second-order valence-electron chi connectivity index (χ2n) is 13.8. The molecule has 4 unspecified atom stereocenters. The summed E-state index contributed by atoms with van der Waals surface area (Å²) in [7, 11) is 0. The van der Waals surface area contributed by atoms with Crippen LogP contribution in [-0.2, 0) is 10.8 Å². The minimum atomic E-state index is 0.269. The zero-order valence-electron chi connectivity index (χ0n) is 18.5. The largest absolute Gasteiger partial charge is 0.508 e. The van der Waals surface area contributed by atoms with Crippen LogP contribution in [0.2, 0.25) is 0 Å². The van der Waals surface area contributed by atoms with Crippen LogP contribution in [0, 0.1) is 34.5 Å². The van der Waals surface area contributed by atoms with Crippen molar-refractivity contribution in [2.24, 2.45) is 34.5 Å². The summed E-state index contributed by atoms with van der Waals surface area (Å²) in [5.41, 5.74) is 4.75. The Kier molecular flexibility index (Phi) is 3.20. The fourth-order valence-electron chi connectivity index (χ4n) is 11.4. The maximum atomic E-state index is 11.1. The maximum absolute atomic E-state index is 11.1. The van der Waals surface area contributed by atoms with Crippen molar-refractivity contribution < 1.29 is 5.11 Å². The topological polar surface area (TPSA) is 20.2 Å².